The number of ether oxygens (including phenoxy) is 1. The fourth-order valence-corrected chi connectivity index (χ4v) is 2.66. The summed E-state index contributed by atoms with van der Waals surface area (Å²) in [7, 11) is 0. The van der Waals surface area contributed by atoms with Crippen molar-refractivity contribution in [1.82, 2.24) is 4.90 Å². The van der Waals surface area contributed by atoms with Crippen LogP contribution < -0.4 is 0 Å². The van der Waals surface area contributed by atoms with Gasteiger partial charge in [0.1, 0.15) is 0 Å². The molecule has 2 nitrogen and oxygen atoms in total. The van der Waals surface area contributed by atoms with Crippen molar-refractivity contribution in [3.05, 3.63) is 0 Å². The van der Waals surface area contributed by atoms with Crippen LogP contribution in [0.1, 0.15) is 45.4 Å². The van der Waals surface area contributed by atoms with E-state index in [0.29, 0.717) is 6.04 Å². The molecule has 0 radical (unpaired) electrons. The van der Waals surface area contributed by atoms with Gasteiger partial charge in [-0.25, -0.2) is 0 Å². The molecule has 0 amide bonds. The van der Waals surface area contributed by atoms with Gasteiger partial charge in [-0.15, -0.1) is 0 Å². The van der Waals surface area contributed by atoms with Crippen LogP contribution in [0.15, 0.2) is 0 Å². The maximum absolute atomic E-state index is 5.54. The van der Waals surface area contributed by atoms with Crippen LogP contribution in [0.2, 0.25) is 0 Å². The lowest BCUT2D eigenvalue weighted by molar-refractivity contribution is 0.0874. The summed E-state index contributed by atoms with van der Waals surface area (Å²) < 4.78 is 5.54. The first kappa shape index (κ1) is 9.47. The van der Waals surface area contributed by atoms with E-state index in [2.05, 4.69) is 11.8 Å². The minimum atomic E-state index is 0.711. The lowest BCUT2D eigenvalue weighted by atomic mass is 9.93. The molecule has 1 aliphatic carbocycles. The van der Waals surface area contributed by atoms with Crippen LogP contribution in [0, 0.1) is 0 Å². The summed E-state index contributed by atoms with van der Waals surface area (Å²) in [4.78, 5) is 2.60. The molecule has 0 aromatic heterocycles. The first-order chi connectivity index (χ1) is 6.42. The largest absolute Gasteiger partial charge is 0.364 e. The zero-order valence-corrected chi connectivity index (χ0v) is 8.67. The summed E-state index contributed by atoms with van der Waals surface area (Å²) in [5.41, 5.74) is 0. The maximum Gasteiger partial charge on any atom is 0.0996 e. The quantitative estimate of drug-likeness (QED) is 0.651. The second-order valence-corrected chi connectivity index (χ2v) is 4.37. The van der Waals surface area contributed by atoms with Crippen LogP contribution in [-0.4, -0.2) is 30.3 Å². The van der Waals surface area contributed by atoms with Gasteiger partial charge in [0.2, 0.25) is 0 Å². The molecule has 76 valence electrons. The summed E-state index contributed by atoms with van der Waals surface area (Å²) in [6, 6.07) is 1.55. The second-order valence-electron chi connectivity index (χ2n) is 4.37. The van der Waals surface area contributed by atoms with Crippen molar-refractivity contribution in [3.8, 4) is 0 Å². The van der Waals surface area contributed by atoms with Crippen molar-refractivity contribution in [2.45, 2.75) is 57.5 Å². The number of nitrogens with zero attached hydrogens (tertiary/aromatic N) is 1. The third kappa shape index (κ3) is 2.05. The van der Waals surface area contributed by atoms with Gasteiger partial charge in [-0.1, -0.05) is 26.2 Å². The highest BCUT2D eigenvalue weighted by Gasteiger charge is 2.30. The molecule has 0 aromatic carbocycles. The van der Waals surface area contributed by atoms with E-state index in [1.54, 1.807) is 0 Å². The average molecular weight is 183 g/mol. The number of rotatable bonds is 2. The van der Waals surface area contributed by atoms with E-state index < -0.39 is 0 Å². The SMILES string of the molecule is CCC1COCN1C1CCCCC1. The fourth-order valence-electron chi connectivity index (χ4n) is 2.66. The lowest BCUT2D eigenvalue weighted by Gasteiger charge is -2.33. The van der Waals surface area contributed by atoms with Gasteiger partial charge in [-0.3, -0.25) is 4.90 Å². The van der Waals surface area contributed by atoms with Crippen LogP contribution in [-0.2, 0) is 4.74 Å². The van der Waals surface area contributed by atoms with E-state index in [4.69, 9.17) is 4.74 Å². The monoisotopic (exact) mass is 183 g/mol. The molecule has 1 saturated carbocycles. The highest BCUT2D eigenvalue weighted by Crippen LogP contribution is 2.27. The maximum atomic E-state index is 5.54. The Morgan fingerprint density at radius 2 is 2.00 bits per heavy atom. The molecule has 0 N–H and O–H groups in total. The minimum absolute atomic E-state index is 0.711. The summed E-state index contributed by atoms with van der Waals surface area (Å²) in [6.45, 7) is 4.13. The van der Waals surface area contributed by atoms with Gasteiger partial charge in [0.25, 0.3) is 0 Å². The Morgan fingerprint density at radius 1 is 1.23 bits per heavy atom. The highest BCUT2D eigenvalue weighted by atomic mass is 16.5. The van der Waals surface area contributed by atoms with Crippen molar-refractivity contribution >= 4 is 0 Å². The topological polar surface area (TPSA) is 12.5 Å². The first-order valence-corrected chi connectivity index (χ1v) is 5.75. The van der Waals surface area contributed by atoms with E-state index in [1.165, 1.54) is 38.5 Å². The van der Waals surface area contributed by atoms with Gasteiger partial charge >= 0.3 is 0 Å². The smallest absolute Gasteiger partial charge is 0.0996 e. The summed E-state index contributed by atoms with van der Waals surface area (Å²) >= 11 is 0. The molecular weight excluding hydrogens is 162 g/mol. The predicted molar refractivity (Wildman–Crippen MR) is 53.6 cm³/mol. The van der Waals surface area contributed by atoms with E-state index in [1.807, 2.05) is 0 Å². The molecule has 1 atom stereocenters. The van der Waals surface area contributed by atoms with Crippen molar-refractivity contribution in [2.24, 2.45) is 0 Å². The molecule has 13 heavy (non-hydrogen) atoms. The molecule has 2 heteroatoms. The van der Waals surface area contributed by atoms with Crippen molar-refractivity contribution in [2.75, 3.05) is 13.3 Å². The molecule has 2 fully saturated rings. The zero-order valence-electron chi connectivity index (χ0n) is 8.67. The molecule has 0 spiro atoms. The Kier molecular flexibility index (Phi) is 3.23. The zero-order chi connectivity index (χ0) is 9.10. The second kappa shape index (κ2) is 4.43. The Morgan fingerprint density at radius 3 is 2.69 bits per heavy atom. The van der Waals surface area contributed by atoms with E-state index >= 15 is 0 Å². The Hall–Kier alpha value is -0.0800. The molecule has 2 rings (SSSR count). The highest BCUT2D eigenvalue weighted by molar-refractivity contribution is 4.82. The third-order valence-corrected chi connectivity index (χ3v) is 3.53. The molecule has 1 saturated heterocycles. The van der Waals surface area contributed by atoms with E-state index in [-0.39, 0.29) is 0 Å². The van der Waals surface area contributed by atoms with E-state index in [9.17, 15) is 0 Å². The Labute approximate surface area is 81.3 Å². The minimum Gasteiger partial charge on any atom is -0.364 e. The average Bonchev–Trinajstić information content (AvgIpc) is 2.67. The molecule has 0 bridgehead atoms. The van der Waals surface area contributed by atoms with Gasteiger partial charge in [-0.2, -0.15) is 0 Å². The molecule has 1 heterocycles. The molecule has 2 aliphatic rings. The number of hydrogen-bond acceptors (Lipinski definition) is 2. The van der Waals surface area contributed by atoms with Crippen molar-refractivity contribution in [3.63, 3.8) is 0 Å². The summed E-state index contributed by atoms with van der Waals surface area (Å²) in [5, 5.41) is 0. The normalized spacial score (nSPS) is 32.5. The summed E-state index contributed by atoms with van der Waals surface area (Å²) in [5.74, 6) is 0. The van der Waals surface area contributed by atoms with Crippen molar-refractivity contribution in [1.29, 1.82) is 0 Å². The van der Waals surface area contributed by atoms with Gasteiger partial charge in [0.15, 0.2) is 0 Å². The third-order valence-electron chi connectivity index (χ3n) is 3.53. The van der Waals surface area contributed by atoms with Crippen LogP contribution in [0.3, 0.4) is 0 Å². The van der Waals surface area contributed by atoms with Gasteiger partial charge in [0.05, 0.1) is 13.3 Å². The van der Waals surface area contributed by atoms with Crippen LogP contribution in [0.25, 0.3) is 0 Å². The van der Waals surface area contributed by atoms with Gasteiger partial charge < -0.3 is 4.74 Å². The molecule has 0 aromatic rings. The molecular formula is C11H21NO. The first-order valence-electron chi connectivity index (χ1n) is 5.75. The predicted octanol–water partition coefficient (Wildman–Crippen LogP) is 2.39. The standard InChI is InChI=1S/C11H21NO/c1-2-10-8-13-9-12(10)11-6-4-3-5-7-11/h10-11H,2-9H2,1H3. The van der Waals surface area contributed by atoms with Crippen LogP contribution >= 0.6 is 0 Å². The van der Waals surface area contributed by atoms with Crippen LogP contribution in [0.5, 0.6) is 0 Å². The van der Waals surface area contributed by atoms with Gasteiger partial charge in [0, 0.05) is 12.1 Å². The van der Waals surface area contributed by atoms with E-state index in [0.717, 1.165) is 19.4 Å². The lowest BCUT2D eigenvalue weighted by Crippen LogP contribution is -2.40. The van der Waals surface area contributed by atoms with Crippen LogP contribution in [0.4, 0.5) is 0 Å². The fraction of sp³-hybridized carbons (Fsp3) is 1.00. The molecule has 1 unspecified atom stereocenters. The molecule has 1 aliphatic heterocycles. The number of hydrogen-bond donors (Lipinski definition) is 0. The Balaban J connectivity index is 1.90. The van der Waals surface area contributed by atoms with Gasteiger partial charge in [-0.05, 0) is 19.3 Å². The van der Waals surface area contributed by atoms with Crippen molar-refractivity contribution < 1.29 is 4.74 Å². The Bertz CT molecular complexity index is 154. The summed E-state index contributed by atoms with van der Waals surface area (Å²) in [6.07, 6.45) is 8.35.